The Hall–Kier alpha value is -1.82. The maximum Gasteiger partial charge on any atom is 0.149 e. The largest absolute Gasteiger partial charge is 0.506 e. The summed E-state index contributed by atoms with van der Waals surface area (Å²) in [6, 6.07) is 11.6. The molecule has 0 radical (unpaired) electrons. The molecule has 0 aromatic heterocycles. The molecule has 2 aromatic rings. The summed E-state index contributed by atoms with van der Waals surface area (Å²) in [6.07, 6.45) is 2.13. The Morgan fingerprint density at radius 3 is 2.52 bits per heavy atom. The fraction of sp³-hybridized carbons (Fsp3) is 0.440. The van der Waals surface area contributed by atoms with Gasteiger partial charge in [0.1, 0.15) is 23.9 Å². The quantitative estimate of drug-likeness (QED) is 0.405. The van der Waals surface area contributed by atoms with Crippen LogP contribution in [0.15, 0.2) is 36.4 Å². The molecule has 1 aliphatic heterocycles. The van der Waals surface area contributed by atoms with Crippen LogP contribution in [-0.2, 0) is 6.54 Å². The number of nitrogens with zero attached hydrogens (tertiary/aromatic N) is 2. The van der Waals surface area contributed by atoms with Crippen molar-refractivity contribution >= 4 is 22.6 Å². The van der Waals surface area contributed by atoms with E-state index in [4.69, 9.17) is 4.74 Å². The molecule has 1 N–H and O–H groups in total. The van der Waals surface area contributed by atoms with E-state index in [0.717, 1.165) is 44.8 Å². The van der Waals surface area contributed by atoms with Gasteiger partial charge in [-0.1, -0.05) is 43.9 Å². The lowest BCUT2D eigenvalue weighted by atomic mass is 10.0. The van der Waals surface area contributed by atoms with E-state index in [1.54, 1.807) is 6.07 Å². The highest BCUT2D eigenvalue weighted by molar-refractivity contribution is 14.1. The number of benzene rings is 2. The second-order valence-electron chi connectivity index (χ2n) is 7.68. The smallest absolute Gasteiger partial charge is 0.149 e. The summed E-state index contributed by atoms with van der Waals surface area (Å²) in [7, 11) is 0. The van der Waals surface area contributed by atoms with Gasteiger partial charge in [0.2, 0.25) is 0 Å². The number of para-hydroxylation sites is 1. The molecule has 166 valence electrons. The summed E-state index contributed by atoms with van der Waals surface area (Å²) in [5.41, 5.74) is 0.633. The molecule has 1 heterocycles. The second-order valence-corrected chi connectivity index (χ2v) is 8.84. The number of hydrogen-bond donors (Lipinski definition) is 1. The molecule has 0 saturated carbocycles. The zero-order valence-corrected chi connectivity index (χ0v) is 20.4. The van der Waals surface area contributed by atoms with Crippen molar-refractivity contribution < 1.29 is 14.2 Å². The molecule has 0 aliphatic carbocycles. The summed E-state index contributed by atoms with van der Waals surface area (Å²) in [4.78, 5) is 4.72. The van der Waals surface area contributed by atoms with Gasteiger partial charge < -0.3 is 14.7 Å². The van der Waals surface area contributed by atoms with Crippen LogP contribution in [0.3, 0.4) is 0 Å². The van der Waals surface area contributed by atoms with Crippen molar-refractivity contribution in [3.05, 3.63) is 56.9 Å². The van der Waals surface area contributed by atoms with E-state index < -0.39 is 5.82 Å². The van der Waals surface area contributed by atoms with Gasteiger partial charge in [0.05, 0.1) is 9.13 Å². The lowest BCUT2D eigenvalue weighted by molar-refractivity contribution is 0.111. The van der Waals surface area contributed by atoms with Crippen LogP contribution < -0.4 is 4.74 Å². The number of phenolic OH excluding ortho intramolecular Hbond substituents is 1. The fourth-order valence-electron chi connectivity index (χ4n) is 4.08. The molecule has 1 saturated heterocycles. The van der Waals surface area contributed by atoms with Crippen LogP contribution in [-0.4, -0.2) is 53.7 Å². The summed E-state index contributed by atoms with van der Waals surface area (Å²) in [5.74, 6) is 6.08. The number of piperidine rings is 1. The third-order valence-corrected chi connectivity index (χ3v) is 6.65. The van der Waals surface area contributed by atoms with Gasteiger partial charge in [-0.2, -0.15) is 0 Å². The Kier molecular flexibility index (Phi) is 9.00. The van der Waals surface area contributed by atoms with E-state index in [2.05, 4.69) is 35.5 Å². The van der Waals surface area contributed by atoms with Gasteiger partial charge in [-0.25, -0.2) is 4.39 Å². The van der Waals surface area contributed by atoms with E-state index in [1.165, 1.54) is 0 Å². The van der Waals surface area contributed by atoms with Crippen LogP contribution in [0.1, 0.15) is 37.8 Å². The first-order valence-corrected chi connectivity index (χ1v) is 11.9. The summed E-state index contributed by atoms with van der Waals surface area (Å²) in [5, 5.41) is 10.5. The number of aromatic hydroxyl groups is 1. The molecular formula is C25H30FIN2O2. The number of halogens is 2. The molecular weight excluding hydrogens is 506 g/mol. The molecule has 2 aromatic carbocycles. The molecule has 0 unspecified atom stereocenters. The van der Waals surface area contributed by atoms with E-state index in [1.807, 2.05) is 52.9 Å². The maximum atomic E-state index is 15.2. The Morgan fingerprint density at radius 1 is 1.19 bits per heavy atom. The molecule has 0 atom stereocenters. The second kappa shape index (κ2) is 11.7. The lowest BCUT2D eigenvalue weighted by Gasteiger charge is -2.37. The number of likely N-dealkylation sites (tertiary alicyclic amines) is 1. The average molecular weight is 536 g/mol. The van der Waals surface area contributed by atoms with Crippen LogP contribution in [0, 0.1) is 21.2 Å². The molecule has 31 heavy (non-hydrogen) atoms. The van der Waals surface area contributed by atoms with Crippen LogP contribution in [0.2, 0.25) is 0 Å². The monoisotopic (exact) mass is 536 g/mol. The third-order valence-electron chi connectivity index (χ3n) is 5.83. The first kappa shape index (κ1) is 23.8. The highest BCUT2D eigenvalue weighted by Crippen LogP contribution is 2.31. The van der Waals surface area contributed by atoms with Crippen molar-refractivity contribution in [3.8, 4) is 23.3 Å². The first-order chi connectivity index (χ1) is 15.0. The SMILES string of the molecule is CCN(CC)C1CCN(Cc2c(O)c(I)cc(C#CCOc3ccccc3)c2F)CC1. The normalized spacial score (nSPS) is 15.0. The molecule has 0 bridgehead atoms. The Bertz CT molecular complexity index is 915. The van der Waals surface area contributed by atoms with Gasteiger partial charge in [0.25, 0.3) is 0 Å². The minimum Gasteiger partial charge on any atom is -0.506 e. The fourth-order valence-corrected chi connectivity index (χ4v) is 4.71. The van der Waals surface area contributed by atoms with Crippen molar-refractivity contribution in [2.75, 3.05) is 32.8 Å². The van der Waals surface area contributed by atoms with Crippen molar-refractivity contribution in [1.82, 2.24) is 9.80 Å². The van der Waals surface area contributed by atoms with E-state index in [9.17, 15) is 5.11 Å². The van der Waals surface area contributed by atoms with E-state index in [-0.39, 0.29) is 12.4 Å². The number of hydrogen-bond acceptors (Lipinski definition) is 4. The molecule has 1 aliphatic rings. The van der Waals surface area contributed by atoms with E-state index >= 15 is 4.39 Å². The lowest BCUT2D eigenvalue weighted by Crippen LogP contribution is -2.44. The van der Waals surface area contributed by atoms with Gasteiger partial charge in [-0.15, -0.1) is 0 Å². The van der Waals surface area contributed by atoms with Crippen molar-refractivity contribution in [2.45, 2.75) is 39.3 Å². The molecule has 0 spiro atoms. The number of phenols is 1. The van der Waals surface area contributed by atoms with Gasteiger partial charge in [0, 0.05) is 18.2 Å². The predicted octanol–water partition coefficient (Wildman–Crippen LogP) is 4.87. The maximum absolute atomic E-state index is 15.2. The van der Waals surface area contributed by atoms with Gasteiger partial charge >= 0.3 is 0 Å². The van der Waals surface area contributed by atoms with E-state index in [0.29, 0.717) is 27.3 Å². The van der Waals surface area contributed by atoms with Crippen LogP contribution in [0.4, 0.5) is 4.39 Å². The average Bonchev–Trinajstić information content (AvgIpc) is 2.80. The van der Waals surface area contributed by atoms with Gasteiger partial charge in [-0.05, 0) is 79.8 Å². The van der Waals surface area contributed by atoms with Gasteiger partial charge in [0.15, 0.2) is 0 Å². The van der Waals surface area contributed by atoms with Crippen LogP contribution in [0.25, 0.3) is 0 Å². The number of rotatable bonds is 7. The minimum atomic E-state index is -0.434. The summed E-state index contributed by atoms with van der Waals surface area (Å²) < 4.78 is 21.4. The molecule has 0 amide bonds. The molecule has 1 fully saturated rings. The Labute approximate surface area is 198 Å². The zero-order chi connectivity index (χ0) is 22.2. The standard InChI is InChI=1S/C25H30FIN2O2/c1-3-29(4-2)20-12-14-28(15-13-20)18-22-24(26)19(17-23(27)25(22)30)9-8-16-31-21-10-6-5-7-11-21/h5-7,10-11,17,20,30H,3-4,12-16,18H2,1-2H3. The van der Waals surface area contributed by atoms with Crippen LogP contribution in [0.5, 0.6) is 11.5 Å². The molecule has 3 rings (SSSR count). The highest BCUT2D eigenvalue weighted by Gasteiger charge is 2.25. The first-order valence-electron chi connectivity index (χ1n) is 10.9. The van der Waals surface area contributed by atoms with Crippen molar-refractivity contribution in [1.29, 1.82) is 0 Å². The summed E-state index contributed by atoms with van der Waals surface area (Å²) >= 11 is 2.04. The predicted molar refractivity (Wildman–Crippen MR) is 131 cm³/mol. The van der Waals surface area contributed by atoms with Crippen molar-refractivity contribution in [3.63, 3.8) is 0 Å². The topological polar surface area (TPSA) is 35.9 Å². The Balaban J connectivity index is 1.66. The zero-order valence-electron chi connectivity index (χ0n) is 18.2. The number of ether oxygens (including phenoxy) is 1. The molecule has 6 heteroatoms. The summed E-state index contributed by atoms with van der Waals surface area (Å²) in [6.45, 7) is 8.89. The molecule has 4 nitrogen and oxygen atoms in total. The van der Waals surface area contributed by atoms with Crippen LogP contribution >= 0.6 is 22.6 Å². The third kappa shape index (κ3) is 6.34. The Morgan fingerprint density at radius 2 is 1.87 bits per heavy atom. The minimum absolute atomic E-state index is 0.0232. The van der Waals surface area contributed by atoms with Gasteiger partial charge in [-0.3, -0.25) is 4.90 Å². The van der Waals surface area contributed by atoms with Crippen molar-refractivity contribution in [2.24, 2.45) is 0 Å². The highest BCUT2D eigenvalue weighted by atomic mass is 127.